The second kappa shape index (κ2) is 17.2. The number of nitrogens with one attached hydrogen (secondary N) is 2. The molecule has 2 aromatic rings. The zero-order valence-corrected chi connectivity index (χ0v) is 25.5. The van der Waals surface area contributed by atoms with Gasteiger partial charge in [0.1, 0.15) is 17.9 Å². The van der Waals surface area contributed by atoms with Crippen LogP contribution < -0.4 is 10.6 Å². The van der Waals surface area contributed by atoms with Crippen LogP contribution in [-0.2, 0) is 19.1 Å². The van der Waals surface area contributed by atoms with Gasteiger partial charge in [-0.25, -0.2) is 4.98 Å². The zero-order chi connectivity index (χ0) is 31.2. The smallest absolute Gasteiger partial charge is 0.274 e. The Morgan fingerprint density at radius 1 is 1.16 bits per heavy atom. The Balaban J connectivity index is 0.000000381. The summed E-state index contributed by atoms with van der Waals surface area (Å²) in [6, 6.07) is 4.94. The number of carbonyl (C=O) groups is 3. The van der Waals surface area contributed by atoms with Gasteiger partial charge >= 0.3 is 0 Å². The van der Waals surface area contributed by atoms with E-state index in [9.17, 15) is 19.5 Å². The maximum absolute atomic E-state index is 13.3. The van der Waals surface area contributed by atoms with Crippen molar-refractivity contribution in [1.82, 2.24) is 25.5 Å². The van der Waals surface area contributed by atoms with Crippen molar-refractivity contribution >= 4 is 17.7 Å². The van der Waals surface area contributed by atoms with Crippen LogP contribution in [0.2, 0.25) is 0 Å². The SMILES string of the molecule is C1CCC1.C=C1CCCN(CC)C(=O)C(NC(=O)c2ncccc2O)C(C)NC(=O)C(C2CCO2)O1.Cc1cccnc1. The van der Waals surface area contributed by atoms with E-state index in [-0.39, 0.29) is 23.5 Å². The Kier molecular flexibility index (Phi) is 13.4. The van der Waals surface area contributed by atoms with Gasteiger partial charge in [0.25, 0.3) is 11.8 Å². The maximum atomic E-state index is 13.3. The van der Waals surface area contributed by atoms with E-state index in [1.807, 2.05) is 32.2 Å². The summed E-state index contributed by atoms with van der Waals surface area (Å²) in [4.78, 5) is 48.5. The van der Waals surface area contributed by atoms with Crippen LogP contribution in [0, 0.1) is 6.92 Å². The van der Waals surface area contributed by atoms with Crippen LogP contribution in [0.5, 0.6) is 5.75 Å². The number of aryl methyl sites for hydroxylation is 1. The second-order valence-corrected chi connectivity index (χ2v) is 10.9. The van der Waals surface area contributed by atoms with Gasteiger partial charge in [0.05, 0.1) is 11.8 Å². The number of allylic oxidation sites excluding steroid dienone is 1. The number of hydrogen-bond acceptors (Lipinski definition) is 8. The highest BCUT2D eigenvalue weighted by Gasteiger charge is 2.39. The average Bonchev–Trinajstić information content (AvgIpc) is 2.92. The predicted molar refractivity (Wildman–Crippen MR) is 162 cm³/mol. The van der Waals surface area contributed by atoms with Crippen LogP contribution in [0.15, 0.2) is 55.2 Å². The summed E-state index contributed by atoms with van der Waals surface area (Å²) >= 11 is 0. The Morgan fingerprint density at radius 3 is 2.37 bits per heavy atom. The van der Waals surface area contributed by atoms with Crippen molar-refractivity contribution in [2.24, 2.45) is 0 Å². The third-order valence-corrected chi connectivity index (χ3v) is 7.43. The van der Waals surface area contributed by atoms with E-state index >= 15 is 0 Å². The van der Waals surface area contributed by atoms with Crippen LogP contribution in [0.25, 0.3) is 0 Å². The molecule has 4 heterocycles. The van der Waals surface area contributed by atoms with Crippen LogP contribution in [0.4, 0.5) is 0 Å². The average molecular weight is 596 g/mol. The van der Waals surface area contributed by atoms with Gasteiger partial charge in [0, 0.05) is 51.1 Å². The molecule has 3 amide bonds. The fraction of sp³-hybridized carbons (Fsp3) is 0.531. The van der Waals surface area contributed by atoms with Gasteiger partial charge in [-0.3, -0.25) is 19.4 Å². The largest absolute Gasteiger partial charge is 0.505 e. The molecule has 234 valence electrons. The number of carbonyl (C=O) groups excluding carboxylic acids is 3. The molecule has 0 aromatic carbocycles. The Morgan fingerprint density at radius 2 is 1.86 bits per heavy atom. The Bertz CT molecular complexity index is 1200. The summed E-state index contributed by atoms with van der Waals surface area (Å²) in [5.74, 6) is -1.34. The molecule has 0 bridgehead atoms. The van der Waals surface area contributed by atoms with Crippen molar-refractivity contribution in [2.45, 2.75) is 90.0 Å². The number of amides is 3. The normalized spacial score (nSPS) is 24.0. The van der Waals surface area contributed by atoms with Gasteiger partial charge in [-0.1, -0.05) is 38.3 Å². The molecule has 5 rings (SSSR count). The number of rotatable bonds is 4. The van der Waals surface area contributed by atoms with E-state index in [1.165, 1.54) is 49.6 Å². The van der Waals surface area contributed by atoms with Gasteiger partial charge in [-0.05, 0) is 51.0 Å². The molecule has 4 atom stereocenters. The van der Waals surface area contributed by atoms with E-state index in [0.29, 0.717) is 44.7 Å². The lowest BCUT2D eigenvalue weighted by Crippen LogP contribution is -2.61. The van der Waals surface area contributed by atoms with Crippen LogP contribution in [0.3, 0.4) is 0 Å². The van der Waals surface area contributed by atoms with Gasteiger partial charge in [0.15, 0.2) is 5.69 Å². The number of hydrogen-bond donors (Lipinski definition) is 3. The first-order valence-corrected chi connectivity index (χ1v) is 15.1. The summed E-state index contributed by atoms with van der Waals surface area (Å²) in [6.07, 6.45) is 11.5. The van der Waals surface area contributed by atoms with Gasteiger partial charge in [-0.2, -0.15) is 0 Å². The standard InChI is InChI=1S/C22H30N4O6.C6H7N.C4H8/c1-4-26-11-6-7-13(2)32-19(16-9-12-31-16)21(29)24-14(3)17(22(26)30)25-20(28)18-15(27)8-5-10-23-18;1-6-3-2-4-7-5-6;1-2-4-3-1/h5,8,10,14,16-17,19,27H,2,4,6-7,9,11-12H2,1,3H3,(H,24,29)(H,25,28);2-5H,1H3;1-4H2. The third-order valence-electron chi connectivity index (χ3n) is 7.43. The minimum atomic E-state index is -1.07. The van der Waals surface area contributed by atoms with Crippen molar-refractivity contribution in [3.05, 3.63) is 66.5 Å². The quantitative estimate of drug-likeness (QED) is 0.486. The number of aromatic nitrogens is 2. The highest BCUT2D eigenvalue weighted by atomic mass is 16.6. The molecule has 2 saturated heterocycles. The minimum absolute atomic E-state index is 0.201. The fourth-order valence-corrected chi connectivity index (χ4v) is 4.39. The lowest BCUT2D eigenvalue weighted by atomic mass is 10.0. The third kappa shape index (κ3) is 10.3. The first-order valence-electron chi connectivity index (χ1n) is 15.1. The molecule has 4 unspecified atom stereocenters. The number of nitrogens with zero attached hydrogens (tertiary/aromatic N) is 3. The van der Waals surface area contributed by atoms with E-state index < -0.39 is 30.0 Å². The lowest BCUT2D eigenvalue weighted by molar-refractivity contribution is -0.157. The fourth-order valence-electron chi connectivity index (χ4n) is 4.39. The van der Waals surface area contributed by atoms with E-state index in [2.05, 4.69) is 27.2 Å². The van der Waals surface area contributed by atoms with Crippen molar-refractivity contribution in [3.63, 3.8) is 0 Å². The lowest BCUT2D eigenvalue weighted by Gasteiger charge is -2.36. The molecule has 3 fully saturated rings. The second-order valence-electron chi connectivity index (χ2n) is 10.9. The molecule has 43 heavy (non-hydrogen) atoms. The highest BCUT2D eigenvalue weighted by Crippen LogP contribution is 2.22. The molecule has 0 spiro atoms. The summed E-state index contributed by atoms with van der Waals surface area (Å²) in [5, 5.41) is 15.4. The van der Waals surface area contributed by atoms with Gasteiger partial charge in [-0.15, -0.1) is 0 Å². The first kappa shape index (κ1) is 33.5. The predicted octanol–water partition coefficient (Wildman–Crippen LogP) is 3.67. The monoisotopic (exact) mass is 595 g/mol. The van der Waals surface area contributed by atoms with E-state index in [4.69, 9.17) is 9.47 Å². The topological polar surface area (TPSA) is 143 Å². The summed E-state index contributed by atoms with van der Waals surface area (Å²) in [5.41, 5.74) is 1.01. The Labute approximate surface area is 254 Å². The molecular weight excluding hydrogens is 550 g/mol. The molecular formula is C32H45N5O6. The molecule has 2 aromatic heterocycles. The number of ether oxygens (including phenoxy) is 2. The molecule has 1 saturated carbocycles. The first-order chi connectivity index (χ1) is 20.7. The van der Waals surface area contributed by atoms with E-state index in [1.54, 1.807) is 18.0 Å². The highest BCUT2D eigenvalue weighted by molar-refractivity contribution is 5.98. The van der Waals surface area contributed by atoms with Gasteiger partial charge < -0.3 is 30.1 Å². The van der Waals surface area contributed by atoms with E-state index in [0.717, 1.165) is 0 Å². The van der Waals surface area contributed by atoms with Crippen LogP contribution in [-0.4, -0.2) is 81.7 Å². The molecule has 11 nitrogen and oxygen atoms in total. The molecule has 11 heteroatoms. The van der Waals surface area contributed by atoms with Crippen molar-refractivity contribution < 1.29 is 29.0 Å². The van der Waals surface area contributed by atoms with Gasteiger partial charge in [0.2, 0.25) is 12.0 Å². The van der Waals surface area contributed by atoms with Crippen LogP contribution in [0.1, 0.15) is 74.8 Å². The maximum Gasteiger partial charge on any atom is 0.274 e. The molecule has 3 N–H and O–H groups in total. The van der Waals surface area contributed by atoms with Crippen molar-refractivity contribution in [3.8, 4) is 5.75 Å². The number of likely N-dealkylation sites (N-methyl/N-ethyl adjacent to an activating group) is 1. The summed E-state index contributed by atoms with van der Waals surface area (Å²) in [6.45, 7) is 10.8. The van der Waals surface area contributed by atoms with Crippen molar-refractivity contribution in [1.29, 1.82) is 0 Å². The molecule has 1 aliphatic carbocycles. The summed E-state index contributed by atoms with van der Waals surface area (Å²) < 4.78 is 11.3. The molecule has 0 radical (unpaired) electrons. The van der Waals surface area contributed by atoms with Crippen LogP contribution >= 0.6 is 0 Å². The van der Waals surface area contributed by atoms with Crippen molar-refractivity contribution in [2.75, 3.05) is 19.7 Å². The number of aromatic hydroxyl groups is 1. The molecule has 3 aliphatic rings. The Hall–Kier alpha value is -3.99. The zero-order valence-electron chi connectivity index (χ0n) is 25.5. The molecule has 2 aliphatic heterocycles. The summed E-state index contributed by atoms with van der Waals surface area (Å²) in [7, 11) is 0. The number of pyridine rings is 2. The minimum Gasteiger partial charge on any atom is -0.505 e.